The van der Waals surface area contributed by atoms with Gasteiger partial charge >= 0.3 is 0 Å². The van der Waals surface area contributed by atoms with E-state index < -0.39 is 18.2 Å². The molecule has 0 saturated carbocycles. The van der Waals surface area contributed by atoms with E-state index in [0.717, 1.165) is 32.1 Å². The van der Waals surface area contributed by atoms with Gasteiger partial charge in [0.2, 0.25) is 5.91 Å². The number of unbranched alkanes of at least 4 members (excludes halogenated alkanes) is 39. The number of aliphatic hydroxyl groups is 3. The molecule has 0 rings (SSSR count). The number of amides is 1. The summed E-state index contributed by atoms with van der Waals surface area (Å²) in [4.78, 5) is 12.5. The fraction of sp³-hybridized carbons (Fsp3) is 0.879. The van der Waals surface area contributed by atoms with Crippen molar-refractivity contribution in [3.63, 3.8) is 0 Å². The number of nitrogens with one attached hydrogen (secondary N) is 1. The number of hydrogen-bond acceptors (Lipinski definition) is 4. The maximum absolute atomic E-state index is 12.5. The monoisotopic (exact) mass is 886 g/mol. The Morgan fingerprint density at radius 2 is 0.714 bits per heavy atom. The standard InChI is InChI=1S/C58H111NO4/c1-3-5-7-9-11-13-15-17-19-20-21-22-23-24-25-26-27-28-29-30-31-32-33-34-35-36-38-39-41-43-45-47-49-51-55(61)53-58(63)59-56(54-60)57(62)52-50-48-46-44-42-40-37-18-16-14-12-10-8-6-4-2/h23-24,26-27,50,52,55-57,60-62H,3-22,25,28-49,51,53-54H2,1-2H3,(H,59,63)/b24-23-,27-26-,52-50+. The second-order valence-corrected chi connectivity index (χ2v) is 19.5. The fourth-order valence-electron chi connectivity index (χ4n) is 8.84. The average molecular weight is 887 g/mol. The van der Waals surface area contributed by atoms with Crippen molar-refractivity contribution in [2.75, 3.05) is 6.61 Å². The number of carbonyl (C=O) groups excluding carboxylic acids is 1. The number of aliphatic hydroxyl groups excluding tert-OH is 3. The third kappa shape index (κ3) is 49.8. The number of carbonyl (C=O) groups is 1. The molecule has 0 aromatic rings. The van der Waals surface area contributed by atoms with Crippen LogP contribution in [0.15, 0.2) is 36.5 Å². The van der Waals surface area contributed by atoms with Crippen LogP contribution in [0, 0.1) is 0 Å². The molecule has 63 heavy (non-hydrogen) atoms. The van der Waals surface area contributed by atoms with E-state index in [1.807, 2.05) is 6.08 Å². The zero-order valence-electron chi connectivity index (χ0n) is 42.5. The van der Waals surface area contributed by atoms with Gasteiger partial charge in [0.1, 0.15) is 0 Å². The van der Waals surface area contributed by atoms with Gasteiger partial charge in [0, 0.05) is 0 Å². The first-order chi connectivity index (χ1) is 31.0. The quantitative estimate of drug-likeness (QED) is 0.0362. The van der Waals surface area contributed by atoms with Crippen molar-refractivity contribution in [2.24, 2.45) is 0 Å². The SMILES string of the molecule is CCCCCCCCCCCCC/C=C\C/C=C\CCCCCCCCCCCCCCCCCC(O)CC(=O)NC(CO)C(O)/C=C/CCCCCCCCCCCCCCC. The molecule has 1 amide bonds. The van der Waals surface area contributed by atoms with Crippen molar-refractivity contribution in [1.29, 1.82) is 0 Å². The van der Waals surface area contributed by atoms with Crippen molar-refractivity contribution >= 4 is 5.91 Å². The topological polar surface area (TPSA) is 89.8 Å². The van der Waals surface area contributed by atoms with Crippen LogP contribution in [0.5, 0.6) is 0 Å². The molecule has 0 heterocycles. The molecule has 0 aliphatic heterocycles. The summed E-state index contributed by atoms with van der Waals surface area (Å²) in [6.07, 6.45) is 69.1. The largest absolute Gasteiger partial charge is 0.394 e. The minimum Gasteiger partial charge on any atom is -0.394 e. The Morgan fingerprint density at radius 3 is 1.05 bits per heavy atom. The highest BCUT2D eigenvalue weighted by molar-refractivity contribution is 5.76. The molecule has 3 unspecified atom stereocenters. The maximum atomic E-state index is 12.5. The van der Waals surface area contributed by atoms with Crippen LogP contribution in [-0.4, -0.2) is 46.1 Å². The second kappa shape index (κ2) is 53.2. The first-order valence-electron chi connectivity index (χ1n) is 28.3. The summed E-state index contributed by atoms with van der Waals surface area (Å²) in [5.74, 6) is -0.313. The van der Waals surface area contributed by atoms with Crippen LogP contribution in [0.2, 0.25) is 0 Å². The average Bonchev–Trinajstić information content (AvgIpc) is 3.28. The summed E-state index contributed by atoms with van der Waals surface area (Å²) in [6.45, 7) is 4.23. The molecular formula is C58H111NO4. The van der Waals surface area contributed by atoms with E-state index in [1.54, 1.807) is 6.08 Å². The van der Waals surface area contributed by atoms with Crippen LogP contribution < -0.4 is 5.32 Å². The molecule has 0 aromatic carbocycles. The predicted octanol–water partition coefficient (Wildman–Crippen LogP) is 17.4. The molecule has 0 aliphatic rings. The summed E-state index contributed by atoms with van der Waals surface area (Å²) in [7, 11) is 0. The van der Waals surface area contributed by atoms with Crippen LogP contribution >= 0.6 is 0 Å². The Balaban J connectivity index is 3.52. The van der Waals surface area contributed by atoms with Gasteiger partial charge < -0.3 is 20.6 Å². The molecule has 0 saturated heterocycles. The summed E-state index contributed by atoms with van der Waals surface area (Å²) < 4.78 is 0. The summed E-state index contributed by atoms with van der Waals surface area (Å²) >= 11 is 0. The van der Waals surface area contributed by atoms with Crippen LogP contribution in [-0.2, 0) is 4.79 Å². The highest BCUT2D eigenvalue weighted by Crippen LogP contribution is 2.17. The van der Waals surface area contributed by atoms with Crippen LogP contribution in [0.25, 0.3) is 0 Å². The van der Waals surface area contributed by atoms with Crippen LogP contribution in [0.1, 0.15) is 303 Å². The summed E-state index contributed by atoms with van der Waals surface area (Å²) in [5, 5.41) is 33.4. The third-order valence-corrected chi connectivity index (χ3v) is 13.2. The van der Waals surface area contributed by atoms with Gasteiger partial charge in [-0.3, -0.25) is 4.79 Å². The lowest BCUT2D eigenvalue weighted by atomic mass is 10.0. The van der Waals surface area contributed by atoms with Gasteiger partial charge in [0.15, 0.2) is 0 Å². The zero-order valence-corrected chi connectivity index (χ0v) is 42.5. The van der Waals surface area contributed by atoms with E-state index in [-0.39, 0.29) is 18.9 Å². The van der Waals surface area contributed by atoms with E-state index >= 15 is 0 Å². The van der Waals surface area contributed by atoms with Gasteiger partial charge in [0.05, 0.1) is 31.3 Å². The lowest BCUT2D eigenvalue weighted by Crippen LogP contribution is -2.45. The maximum Gasteiger partial charge on any atom is 0.222 e. The van der Waals surface area contributed by atoms with Crippen LogP contribution in [0.4, 0.5) is 0 Å². The fourth-order valence-corrected chi connectivity index (χ4v) is 8.84. The molecule has 0 aromatic heterocycles. The van der Waals surface area contributed by atoms with E-state index in [2.05, 4.69) is 43.5 Å². The minimum atomic E-state index is -0.928. The summed E-state index contributed by atoms with van der Waals surface area (Å²) in [6, 6.07) is -0.743. The van der Waals surface area contributed by atoms with E-state index in [4.69, 9.17) is 0 Å². The zero-order chi connectivity index (χ0) is 45.8. The first kappa shape index (κ1) is 61.6. The predicted molar refractivity (Wildman–Crippen MR) is 278 cm³/mol. The molecule has 5 heteroatoms. The lowest BCUT2D eigenvalue weighted by molar-refractivity contribution is -0.124. The smallest absolute Gasteiger partial charge is 0.222 e. The van der Waals surface area contributed by atoms with Crippen molar-refractivity contribution in [1.82, 2.24) is 5.32 Å². The van der Waals surface area contributed by atoms with E-state index in [9.17, 15) is 20.1 Å². The minimum absolute atomic E-state index is 0.0152. The van der Waals surface area contributed by atoms with Crippen molar-refractivity contribution in [3.05, 3.63) is 36.5 Å². The molecule has 4 N–H and O–H groups in total. The Labute approximate surface area is 394 Å². The van der Waals surface area contributed by atoms with Gasteiger partial charge in [-0.25, -0.2) is 0 Å². The third-order valence-electron chi connectivity index (χ3n) is 13.2. The molecule has 5 nitrogen and oxygen atoms in total. The molecule has 0 aliphatic carbocycles. The van der Waals surface area contributed by atoms with Gasteiger partial charge in [0.25, 0.3) is 0 Å². The molecule has 0 radical (unpaired) electrons. The second-order valence-electron chi connectivity index (χ2n) is 19.5. The number of allylic oxidation sites excluding steroid dienone is 5. The van der Waals surface area contributed by atoms with Gasteiger partial charge in [-0.15, -0.1) is 0 Å². The highest BCUT2D eigenvalue weighted by atomic mass is 16.3. The summed E-state index contributed by atoms with van der Waals surface area (Å²) in [5.41, 5.74) is 0. The molecule has 0 spiro atoms. The lowest BCUT2D eigenvalue weighted by Gasteiger charge is -2.21. The normalized spacial score (nSPS) is 13.5. The Hall–Kier alpha value is -1.43. The van der Waals surface area contributed by atoms with E-state index in [1.165, 1.54) is 244 Å². The van der Waals surface area contributed by atoms with E-state index in [0.29, 0.717) is 6.42 Å². The Bertz CT molecular complexity index is 978. The first-order valence-corrected chi connectivity index (χ1v) is 28.3. The van der Waals surface area contributed by atoms with Gasteiger partial charge in [-0.05, 0) is 51.4 Å². The van der Waals surface area contributed by atoms with Crippen molar-refractivity contribution in [2.45, 2.75) is 321 Å². The number of hydrogen-bond donors (Lipinski definition) is 4. The van der Waals surface area contributed by atoms with Crippen LogP contribution in [0.3, 0.4) is 0 Å². The highest BCUT2D eigenvalue weighted by Gasteiger charge is 2.20. The van der Waals surface area contributed by atoms with Gasteiger partial charge in [-0.1, -0.05) is 281 Å². The van der Waals surface area contributed by atoms with Crippen molar-refractivity contribution in [3.8, 4) is 0 Å². The molecule has 372 valence electrons. The van der Waals surface area contributed by atoms with Gasteiger partial charge in [-0.2, -0.15) is 0 Å². The Kier molecular flexibility index (Phi) is 52.0. The Morgan fingerprint density at radius 1 is 0.413 bits per heavy atom. The molecule has 0 bridgehead atoms. The molecular weight excluding hydrogens is 775 g/mol. The number of rotatable bonds is 52. The van der Waals surface area contributed by atoms with Crippen molar-refractivity contribution < 1.29 is 20.1 Å². The molecule has 0 fully saturated rings. The molecule has 3 atom stereocenters.